The lowest BCUT2D eigenvalue weighted by Crippen LogP contribution is -2.04. The van der Waals surface area contributed by atoms with Crippen LogP contribution >= 0.6 is 0 Å². The lowest BCUT2D eigenvalue weighted by atomic mass is 10.2. The van der Waals surface area contributed by atoms with Crippen molar-refractivity contribution < 1.29 is 4.74 Å². The molecule has 0 atom stereocenters. The van der Waals surface area contributed by atoms with Gasteiger partial charge in [0.05, 0.1) is 7.11 Å². The molecule has 1 N–H and O–H groups in total. The normalized spacial score (nSPS) is 10.3. The Kier molecular flexibility index (Phi) is 3.22. The lowest BCUT2D eigenvalue weighted by Gasteiger charge is -2.10. The number of ether oxygens (including phenoxy) is 1. The summed E-state index contributed by atoms with van der Waals surface area (Å²) < 4.78 is 7.08. The number of rotatable bonds is 4. The standard InChI is InChI=1S/C11H15N5O/c1-4-12-11-10(17-3)9(13-7-14-11)8-5-6-16(2)15-8/h5-7H,4H2,1-3H3,(H,12,13,14). The molecule has 2 rings (SSSR count). The van der Waals surface area contributed by atoms with E-state index in [2.05, 4.69) is 20.4 Å². The Hall–Kier alpha value is -2.11. The number of hydrogen-bond donors (Lipinski definition) is 1. The van der Waals surface area contributed by atoms with Crippen LogP contribution in [0.15, 0.2) is 18.6 Å². The average Bonchev–Trinajstić information content (AvgIpc) is 2.76. The maximum atomic E-state index is 5.36. The number of aryl methyl sites for hydroxylation is 1. The third-order valence-electron chi connectivity index (χ3n) is 2.31. The molecule has 2 heterocycles. The SMILES string of the molecule is CCNc1ncnc(-c2ccn(C)n2)c1OC. The number of methoxy groups -OCH3 is 1. The molecule has 0 fully saturated rings. The molecule has 0 saturated carbocycles. The van der Waals surface area contributed by atoms with Crippen molar-refractivity contribution in [3.05, 3.63) is 18.6 Å². The molecule has 6 nitrogen and oxygen atoms in total. The van der Waals surface area contributed by atoms with Gasteiger partial charge in [-0.05, 0) is 13.0 Å². The van der Waals surface area contributed by atoms with Gasteiger partial charge in [0.2, 0.25) is 0 Å². The highest BCUT2D eigenvalue weighted by Crippen LogP contribution is 2.31. The average molecular weight is 233 g/mol. The van der Waals surface area contributed by atoms with E-state index in [1.54, 1.807) is 11.8 Å². The van der Waals surface area contributed by atoms with Crippen molar-refractivity contribution in [1.29, 1.82) is 0 Å². The second-order valence-electron chi connectivity index (χ2n) is 3.51. The zero-order chi connectivity index (χ0) is 12.3. The van der Waals surface area contributed by atoms with E-state index in [9.17, 15) is 0 Å². The highest BCUT2D eigenvalue weighted by atomic mass is 16.5. The second kappa shape index (κ2) is 4.82. The molecular weight excluding hydrogens is 218 g/mol. The van der Waals surface area contributed by atoms with Crippen LogP contribution in [0.3, 0.4) is 0 Å². The Labute approximate surface area is 99.7 Å². The van der Waals surface area contributed by atoms with Gasteiger partial charge in [0.15, 0.2) is 11.6 Å². The minimum atomic E-state index is 0.619. The monoisotopic (exact) mass is 233 g/mol. The molecule has 0 radical (unpaired) electrons. The van der Waals surface area contributed by atoms with Crippen LogP contribution in [0.1, 0.15) is 6.92 Å². The van der Waals surface area contributed by atoms with Crippen molar-refractivity contribution >= 4 is 5.82 Å². The molecule has 6 heteroatoms. The Balaban J connectivity index is 2.49. The predicted octanol–water partition coefficient (Wildman–Crippen LogP) is 1.32. The van der Waals surface area contributed by atoms with Gasteiger partial charge in [-0.15, -0.1) is 0 Å². The summed E-state index contributed by atoms with van der Waals surface area (Å²) in [5.41, 5.74) is 1.46. The number of hydrogen-bond acceptors (Lipinski definition) is 5. The molecular formula is C11H15N5O. The maximum Gasteiger partial charge on any atom is 0.189 e. The minimum Gasteiger partial charge on any atom is -0.491 e. The largest absolute Gasteiger partial charge is 0.491 e. The van der Waals surface area contributed by atoms with E-state index >= 15 is 0 Å². The van der Waals surface area contributed by atoms with Gasteiger partial charge >= 0.3 is 0 Å². The summed E-state index contributed by atoms with van der Waals surface area (Å²) in [6, 6.07) is 1.89. The molecule has 90 valence electrons. The second-order valence-corrected chi connectivity index (χ2v) is 3.51. The van der Waals surface area contributed by atoms with E-state index in [-0.39, 0.29) is 0 Å². The molecule has 2 aromatic rings. The Morgan fingerprint density at radius 3 is 2.82 bits per heavy atom. The summed E-state index contributed by atoms with van der Waals surface area (Å²) >= 11 is 0. The summed E-state index contributed by atoms with van der Waals surface area (Å²) in [7, 11) is 3.47. The maximum absolute atomic E-state index is 5.36. The lowest BCUT2D eigenvalue weighted by molar-refractivity contribution is 0.414. The fraction of sp³-hybridized carbons (Fsp3) is 0.364. The van der Waals surface area contributed by atoms with Gasteiger partial charge in [-0.25, -0.2) is 9.97 Å². The van der Waals surface area contributed by atoms with Crippen molar-refractivity contribution in [2.24, 2.45) is 7.05 Å². The summed E-state index contributed by atoms with van der Waals surface area (Å²) in [5.74, 6) is 1.30. The van der Waals surface area contributed by atoms with Crippen LogP contribution in [0, 0.1) is 0 Å². The van der Waals surface area contributed by atoms with Gasteiger partial charge < -0.3 is 10.1 Å². The number of nitrogens with zero attached hydrogens (tertiary/aromatic N) is 4. The van der Waals surface area contributed by atoms with Gasteiger partial charge in [0.1, 0.15) is 17.7 Å². The molecule has 0 aromatic carbocycles. The Morgan fingerprint density at radius 2 is 2.24 bits per heavy atom. The first-order valence-corrected chi connectivity index (χ1v) is 5.39. The van der Waals surface area contributed by atoms with E-state index in [1.807, 2.05) is 26.2 Å². The third-order valence-corrected chi connectivity index (χ3v) is 2.31. The molecule has 0 amide bonds. The van der Waals surface area contributed by atoms with Crippen LogP contribution in [0.5, 0.6) is 5.75 Å². The van der Waals surface area contributed by atoms with Crippen LogP contribution in [0.2, 0.25) is 0 Å². The van der Waals surface area contributed by atoms with Gasteiger partial charge in [0, 0.05) is 19.8 Å². The molecule has 0 saturated heterocycles. The molecule has 0 bridgehead atoms. The molecule has 0 aliphatic heterocycles. The first kappa shape index (κ1) is 11.4. The summed E-state index contributed by atoms with van der Waals surface area (Å²) in [4.78, 5) is 8.37. The van der Waals surface area contributed by atoms with Crippen LogP contribution in [-0.2, 0) is 7.05 Å². The summed E-state index contributed by atoms with van der Waals surface area (Å²) in [5, 5.41) is 7.44. The van der Waals surface area contributed by atoms with Crippen molar-refractivity contribution in [1.82, 2.24) is 19.7 Å². The summed E-state index contributed by atoms with van der Waals surface area (Å²) in [6.07, 6.45) is 3.37. The Morgan fingerprint density at radius 1 is 1.41 bits per heavy atom. The molecule has 0 unspecified atom stereocenters. The molecule has 0 aliphatic rings. The van der Waals surface area contributed by atoms with E-state index in [0.717, 1.165) is 12.2 Å². The zero-order valence-corrected chi connectivity index (χ0v) is 10.1. The molecule has 0 aliphatic carbocycles. The molecule has 17 heavy (non-hydrogen) atoms. The number of nitrogens with one attached hydrogen (secondary N) is 1. The fourth-order valence-electron chi connectivity index (χ4n) is 1.58. The highest BCUT2D eigenvalue weighted by molar-refractivity contribution is 5.69. The van der Waals surface area contributed by atoms with Gasteiger partial charge in [-0.1, -0.05) is 0 Å². The van der Waals surface area contributed by atoms with Crippen LogP contribution < -0.4 is 10.1 Å². The van der Waals surface area contributed by atoms with Crippen molar-refractivity contribution in [3.63, 3.8) is 0 Å². The molecule has 0 spiro atoms. The van der Waals surface area contributed by atoms with E-state index in [0.29, 0.717) is 17.3 Å². The fourth-order valence-corrected chi connectivity index (χ4v) is 1.58. The first-order chi connectivity index (χ1) is 8.26. The quantitative estimate of drug-likeness (QED) is 0.862. The van der Waals surface area contributed by atoms with Gasteiger partial charge in [0.25, 0.3) is 0 Å². The third kappa shape index (κ3) is 2.20. The van der Waals surface area contributed by atoms with Crippen LogP contribution in [-0.4, -0.2) is 33.4 Å². The van der Waals surface area contributed by atoms with Gasteiger partial charge in [-0.3, -0.25) is 4.68 Å². The number of anilines is 1. The minimum absolute atomic E-state index is 0.619. The van der Waals surface area contributed by atoms with Gasteiger partial charge in [-0.2, -0.15) is 5.10 Å². The van der Waals surface area contributed by atoms with Crippen LogP contribution in [0.4, 0.5) is 5.82 Å². The van der Waals surface area contributed by atoms with E-state index in [1.165, 1.54) is 6.33 Å². The smallest absolute Gasteiger partial charge is 0.189 e. The van der Waals surface area contributed by atoms with E-state index < -0.39 is 0 Å². The van der Waals surface area contributed by atoms with Crippen LogP contribution in [0.25, 0.3) is 11.4 Å². The van der Waals surface area contributed by atoms with Crippen molar-refractivity contribution in [2.45, 2.75) is 6.92 Å². The Bertz CT molecular complexity index is 508. The predicted molar refractivity (Wildman–Crippen MR) is 64.9 cm³/mol. The molecule has 2 aromatic heterocycles. The highest BCUT2D eigenvalue weighted by Gasteiger charge is 2.15. The zero-order valence-electron chi connectivity index (χ0n) is 10.1. The van der Waals surface area contributed by atoms with E-state index in [4.69, 9.17) is 4.74 Å². The topological polar surface area (TPSA) is 64.9 Å². The van der Waals surface area contributed by atoms with Crippen molar-refractivity contribution in [3.8, 4) is 17.1 Å². The number of aromatic nitrogens is 4. The summed E-state index contributed by atoms with van der Waals surface area (Å²) in [6.45, 7) is 2.77. The first-order valence-electron chi connectivity index (χ1n) is 5.39. The van der Waals surface area contributed by atoms with Crippen molar-refractivity contribution in [2.75, 3.05) is 19.0 Å².